The number of pyridine rings is 1. The van der Waals surface area contributed by atoms with Gasteiger partial charge in [-0.05, 0) is 28.1 Å². The minimum atomic E-state index is 0.437. The van der Waals surface area contributed by atoms with Crippen molar-refractivity contribution in [2.45, 2.75) is 0 Å². The molecule has 0 radical (unpaired) electrons. The van der Waals surface area contributed by atoms with Gasteiger partial charge in [-0.3, -0.25) is 4.98 Å². The minimum Gasteiger partial charge on any atom is -0.454 e. The second-order valence-electron chi connectivity index (χ2n) is 3.17. The SMILES string of the molecule is N#Cc1c(Br)cccc1Oc1cncc(Cl)c1. The van der Waals surface area contributed by atoms with Crippen LogP contribution in [0, 0.1) is 11.3 Å². The van der Waals surface area contributed by atoms with E-state index in [0.29, 0.717) is 26.6 Å². The van der Waals surface area contributed by atoms with Crippen molar-refractivity contribution in [2.75, 3.05) is 0 Å². The van der Waals surface area contributed by atoms with E-state index >= 15 is 0 Å². The van der Waals surface area contributed by atoms with Gasteiger partial charge in [0, 0.05) is 16.7 Å². The number of hydrogen-bond acceptors (Lipinski definition) is 3. The van der Waals surface area contributed by atoms with Crippen LogP contribution in [0.4, 0.5) is 0 Å². The Hall–Kier alpha value is -1.57. The van der Waals surface area contributed by atoms with Crippen molar-refractivity contribution in [2.24, 2.45) is 0 Å². The minimum absolute atomic E-state index is 0.437. The molecule has 0 aliphatic rings. The molecule has 84 valence electrons. The molecule has 2 rings (SSSR count). The average molecular weight is 310 g/mol. The lowest BCUT2D eigenvalue weighted by molar-refractivity contribution is 0.478. The Bertz CT molecular complexity index is 595. The van der Waals surface area contributed by atoms with Gasteiger partial charge in [-0.1, -0.05) is 17.7 Å². The number of ether oxygens (including phenoxy) is 1. The van der Waals surface area contributed by atoms with Crippen molar-refractivity contribution in [1.82, 2.24) is 4.98 Å². The summed E-state index contributed by atoms with van der Waals surface area (Å²) >= 11 is 9.09. The molecular weight excluding hydrogens is 304 g/mol. The highest BCUT2D eigenvalue weighted by Crippen LogP contribution is 2.30. The van der Waals surface area contributed by atoms with Gasteiger partial charge in [-0.2, -0.15) is 5.26 Å². The lowest BCUT2D eigenvalue weighted by Crippen LogP contribution is -1.89. The Kier molecular flexibility index (Phi) is 3.62. The molecule has 0 bridgehead atoms. The van der Waals surface area contributed by atoms with Gasteiger partial charge in [0.15, 0.2) is 0 Å². The molecule has 0 fully saturated rings. The molecule has 0 aliphatic heterocycles. The third-order valence-electron chi connectivity index (χ3n) is 1.99. The fourth-order valence-corrected chi connectivity index (χ4v) is 1.87. The predicted octanol–water partition coefficient (Wildman–Crippen LogP) is 4.16. The Morgan fingerprint density at radius 2 is 2.18 bits per heavy atom. The topological polar surface area (TPSA) is 45.9 Å². The summed E-state index contributed by atoms with van der Waals surface area (Å²) in [5.74, 6) is 0.957. The van der Waals surface area contributed by atoms with E-state index in [1.54, 1.807) is 24.3 Å². The van der Waals surface area contributed by atoms with Gasteiger partial charge in [-0.15, -0.1) is 0 Å². The first kappa shape index (κ1) is 11.9. The van der Waals surface area contributed by atoms with E-state index in [0.717, 1.165) is 0 Å². The first-order chi connectivity index (χ1) is 8.20. The van der Waals surface area contributed by atoms with Crippen molar-refractivity contribution in [3.05, 3.63) is 51.7 Å². The van der Waals surface area contributed by atoms with Crippen LogP contribution in [-0.2, 0) is 0 Å². The molecule has 2 aromatic rings. The lowest BCUT2D eigenvalue weighted by Gasteiger charge is -2.07. The summed E-state index contributed by atoms with van der Waals surface area (Å²) in [7, 11) is 0. The maximum absolute atomic E-state index is 9.03. The molecule has 0 unspecified atom stereocenters. The van der Waals surface area contributed by atoms with Gasteiger partial charge in [0.1, 0.15) is 23.1 Å². The highest BCUT2D eigenvalue weighted by Gasteiger charge is 2.08. The highest BCUT2D eigenvalue weighted by atomic mass is 79.9. The zero-order valence-corrected chi connectivity index (χ0v) is 10.9. The fraction of sp³-hybridized carbons (Fsp3) is 0. The zero-order valence-electron chi connectivity index (χ0n) is 8.52. The quantitative estimate of drug-likeness (QED) is 0.836. The predicted molar refractivity (Wildman–Crippen MR) is 68.2 cm³/mol. The summed E-state index contributed by atoms with van der Waals surface area (Å²) < 4.78 is 6.25. The van der Waals surface area contributed by atoms with E-state index in [1.807, 2.05) is 0 Å². The molecule has 0 spiro atoms. The Morgan fingerprint density at radius 3 is 2.88 bits per heavy atom. The summed E-state index contributed by atoms with van der Waals surface area (Å²) in [6.45, 7) is 0. The number of aromatic nitrogens is 1. The van der Waals surface area contributed by atoms with Crippen LogP contribution in [0.3, 0.4) is 0 Å². The summed E-state index contributed by atoms with van der Waals surface area (Å²) in [6, 6.07) is 8.99. The second kappa shape index (κ2) is 5.17. The maximum atomic E-state index is 9.03. The van der Waals surface area contributed by atoms with Crippen LogP contribution in [-0.4, -0.2) is 4.98 Å². The maximum Gasteiger partial charge on any atom is 0.147 e. The molecule has 1 aromatic carbocycles. The van der Waals surface area contributed by atoms with Gasteiger partial charge < -0.3 is 4.74 Å². The van der Waals surface area contributed by atoms with Crippen molar-refractivity contribution in [3.63, 3.8) is 0 Å². The van der Waals surface area contributed by atoms with Crippen molar-refractivity contribution in [1.29, 1.82) is 5.26 Å². The van der Waals surface area contributed by atoms with E-state index in [2.05, 4.69) is 27.0 Å². The molecule has 1 aromatic heterocycles. The molecule has 0 saturated carbocycles. The standard InChI is InChI=1S/C12H6BrClN2O/c13-11-2-1-3-12(10(11)5-15)17-9-4-8(14)6-16-7-9/h1-4,6-7H. The van der Waals surface area contributed by atoms with Crippen molar-refractivity contribution < 1.29 is 4.74 Å². The van der Waals surface area contributed by atoms with E-state index in [-0.39, 0.29) is 0 Å². The number of halogens is 2. The fourth-order valence-electron chi connectivity index (χ4n) is 1.27. The van der Waals surface area contributed by atoms with Crippen molar-refractivity contribution in [3.8, 4) is 17.6 Å². The van der Waals surface area contributed by atoms with Gasteiger partial charge in [-0.25, -0.2) is 0 Å². The monoisotopic (exact) mass is 308 g/mol. The molecule has 1 heterocycles. The van der Waals surface area contributed by atoms with Crippen LogP contribution in [0.2, 0.25) is 5.02 Å². The molecule has 3 nitrogen and oxygen atoms in total. The largest absolute Gasteiger partial charge is 0.454 e. The lowest BCUT2D eigenvalue weighted by atomic mass is 10.2. The first-order valence-corrected chi connectivity index (χ1v) is 5.85. The number of rotatable bonds is 2. The van der Waals surface area contributed by atoms with Crippen LogP contribution in [0.15, 0.2) is 41.1 Å². The van der Waals surface area contributed by atoms with E-state index in [4.69, 9.17) is 21.6 Å². The molecule has 17 heavy (non-hydrogen) atoms. The Morgan fingerprint density at radius 1 is 1.35 bits per heavy atom. The van der Waals surface area contributed by atoms with Gasteiger partial charge >= 0.3 is 0 Å². The van der Waals surface area contributed by atoms with E-state index in [9.17, 15) is 0 Å². The number of nitriles is 1. The second-order valence-corrected chi connectivity index (χ2v) is 4.46. The molecule has 5 heteroatoms. The third kappa shape index (κ3) is 2.76. The summed E-state index contributed by atoms with van der Waals surface area (Å²) in [5, 5.41) is 9.51. The number of hydrogen-bond donors (Lipinski definition) is 0. The van der Waals surface area contributed by atoms with Gasteiger partial charge in [0.2, 0.25) is 0 Å². The van der Waals surface area contributed by atoms with E-state index < -0.39 is 0 Å². The Balaban J connectivity index is 2.37. The van der Waals surface area contributed by atoms with Gasteiger partial charge in [0.25, 0.3) is 0 Å². The van der Waals surface area contributed by atoms with Crippen LogP contribution in [0.25, 0.3) is 0 Å². The molecular formula is C12H6BrClN2O. The average Bonchev–Trinajstić information content (AvgIpc) is 2.29. The van der Waals surface area contributed by atoms with Gasteiger partial charge in [0.05, 0.1) is 11.2 Å². The molecule has 0 saturated heterocycles. The molecule has 0 aliphatic carbocycles. The normalized spacial score (nSPS) is 9.71. The number of nitrogens with zero attached hydrogens (tertiary/aromatic N) is 2. The zero-order chi connectivity index (χ0) is 12.3. The summed E-state index contributed by atoms with van der Waals surface area (Å²) in [6.07, 6.45) is 3.05. The molecule has 0 amide bonds. The third-order valence-corrected chi connectivity index (χ3v) is 2.86. The van der Waals surface area contributed by atoms with E-state index in [1.165, 1.54) is 12.4 Å². The highest BCUT2D eigenvalue weighted by molar-refractivity contribution is 9.10. The van der Waals surface area contributed by atoms with Crippen LogP contribution in [0.1, 0.15) is 5.56 Å². The first-order valence-electron chi connectivity index (χ1n) is 4.67. The van der Waals surface area contributed by atoms with Crippen LogP contribution in [0.5, 0.6) is 11.5 Å². The Labute approximate surface area is 112 Å². The molecule has 0 N–H and O–H groups in total. The smallest absolute Gasteiger partial charge is 0.147 e. The van der Waals surface area contributed by atoms with Crippen LogP contribution >= 0.6 is 27.5 Å². The van der Waals surface area contributed by atoms with Crippen LogP contribution < -0.4 is 4.74 Å². The molecule has 0 atom stereocenters. The van der Waals surface area contributed by atoms with Crippen molar-refractivity contribution >= 4 is 27.5 Å². The number of benzene rings is 1. The summed E-state index contributed by atoms with van der Waals surface area (Å²) in [5.41, 5.74) is 0.437. The summed E-state index contributed by atoms with van der Waals surface area (Å²) in [4.78, 5) is 3.91.